The van der Waals surface area contributed by atoms with Crippen molar-refractivity contribution < 1.29 is 9.90 Å². The minimum absolute atomic E-state index is 0.350. The molecule has 0 aromatic heterocycles. The lowest BCUT2D eigenvalue weighted by molar-refractivity contribution is -0.143. The summed E-state index contributed by atoms with van der Waals surface area (Å²) in [7, 11) is 0. The normalized spacial score (nSPS) is 21.1. The van der Waals surface area contributed by atoms with Gasteiger partial charge in [-0.05, 0) is 38.9 Å². The number of rotatable bonds is 4. The molecule has 0 bridgehead atoms. The molecule has 1 aliphatic heterocycles. The zero-order valence-corrected chi connectivity index (χ0v) is 7.20. The summed E-state index contributed by atoms with van der Waals surface area (Å²) in [6.45, 7) is 2.28. The average molecular weight is 172 g/mol. The Bertz CT molecular complexity index is 155. The summed E-state index contributed by atoms with van der Waals surface area (Å²) < 4.78 is 0. The van der Waals surface area contributed by atoms with Crippen molar-refractivity contribution in [2.75, 3.05) is 19.6 Å². The van der Waals surface area contributed by atoms with Crippen molar-refractivity contribution in [2.45, 2.75) is 25.3 Å². The van der Waals surface area contributed by atoms with Crippen molar-refractivity contribution in [3.63, 3.8) is 0 Å². The fourth-order valence-corrected chi connectivity index (χ4v) is 1.67. The summed E-state index contributed by atoms with van der Waals surface area (Å²) in [5.41, 5.74) is 5.34. The standard InChI is InChI=1S/C8H16N2O2/c9-4-3-7(8(11)12)10-5-1-2-6-10/h7H,1-6,9H2,(H,11,12). The van der Waals surface area contributed by atoms with E-state index in [1.165, 1.54) is 0 Å². The predicted octanol–water partition coefficient (Wildman–Crippen LogP) is -0.116. The number of nitrogens with two attached hydrogens (primary N) is 1. The molecule has 0 amide bonds. The first-order valence-corrected chi connectivity index (χ1v) is 4.42. The van der Waals surface area contributed by atoms with Crippen molar-refractivity contribution in [3.05, 3.63) is 0 Å². The molecule has 1 unspecified atom stereocenters. The fourth-order valence-electron chi connectivity index (χ4n) is 1.67. The Labute approximate surface area is 72.3 Å². The van der Waals surface area contributed by atoms with Gasteiger partial charge in [-0.25, -0.2) is 0 Å². The van der Waals surface area contributed by atoms with Crippen LogP contribution in [0.5, 0.6) is 0 Å². The third-order valence-electron chi connectivity index (χ3n) is 2.31. The second-order valence-electron chi connectivity index (χ2n) is 3.17. The minimum Gasteiger partial charge on any atom is -0.480 e. The van der Waals surface area contributed by atoms with E-state index < -0.39 is 5.97 Å². The maximum absolute atomic E-state index is 10.8. The molecule has 4 nitrogen and oxygen atoms in total. The van der Waals surface area contributed by atoms with Crippen LogP contribution in [0.4, 0.5) is 0 Å². The van der Waals surface area contributed by atoms with Crippen LogP contribution in [-0.4, -0.2) is 41.7 Å². The van der Waals surface area contributed by atoms with Gasteiger partial charge in [-0.15, -0.1) is 0 Å². The van der Waals surface area contributed by atoms with E-state index in [4.69, 9.17) is 10.8 Å². The molecule has 4 heteroatoms. The van der Waals surface area contributed by atoms with Gasteiger partial charge in [0.2, 0.25) is 0 Å². The van der Waals surface area contributed by atoms with E-state index in [0.717, 1.165) is 25.9 Å². The van der Waals surface area contributed by atoms with Crippen LogP contribution in [0.3, 0.4) is 0 Å². The molecule has 0 saturated carbocycles. The number of hydrogen-bond acceptors (Lipinski definition) is 3. The lowest BCUT2D eigenvalue weighted by atomic mass is 10.2. The third-order valence-corrected chi connectivity index (χ3v) is 2.31. The number of hydrogen-bond donors (Lipinski definition) is 2. The van der Waals surface area contributed by atoms with Gasteiger partial charge in [0.1, 0.15) is 6.04 Å². The number of carboxylic acid groups (broad SMARTS) is 1. The van der Waals surface area contributed by atoms with Crippen molar-refractivity contribution in [1.82, 2.24) is 4.90 Å². The smallest absolute Gasteiger partial charge is 0.320 e. The van der Waals surface area contributed by atoms with Crippen molar-refractivity contribution in [3.8, 4) is 0 Å². The molecule has 12 heavy (non-hydrogen) atoms. The van der Waals surface area contributed by atoms with Crippen LogP contribution in [0, 0.1) is 0 Å². The van der Waals surface area contributed by atoms with Crippen molar-refractivity contribution >= 4 is 5.97 Å². The summed E-state index contributed by atoms with van der Waals surface area (Å²) in [6.07, 6.45) is 2.80. The van der Waals surface area contributed by atoms with Gasteiger partial charge in [0.15, 0.2) is 0 Å². The number of carbonyl (C=O) groups is 1. The molecule has 0 aromatic rings. The highest BCUT2D eigenvalue weighted by Gasteiger charge is 2.26. The van der Waals surface area contributed by atoms with E-state index in [-0.39, 0.29) is 6.04 Å². The quantitative estimate of drug-likeness (QED) is 0.620. The van der Waals surface area contributed by atoms with Gasteiger partial charge >= 0.3 is 5.97 Å². The van der Waals surface area contributed by atoms with Crippen LogP contribution in [0.1, 0.15) is 19.3 Å². The van der Waals surface area contributed by atoms with E-state index in [1.54, 1.807) is 0 Å². The fraction of sp³-hybridized carbons (Fsp3) is 0.875. The van der Waals surface area contributed by atoms with Gasteiger partial charge < -0.3 is 10.8 Å². The Morgan fingerprint density at radius 3 is 2.50 bits per heavy atom. The molecule has 3 N–H and O–H groups in total. The average Bonchev–Trinajstić information content (AvgIpc) is 2.51. The molecule has 0 aromatic carbocycles. The number of nitrogens with zero attached hydrogens (tertiary/aromatic N) is 1. The lowest BCUT2D eigenvalue weighted by Gasteiger charge is -2.22. The van der Waals surface area contributed by atoms with Crippen LogP contribution in [0.25, 0.3) is 0 Å². The van der Waals surface area contributed by atoms with Gasteiger partial charge in [0, 0.05) is 0 Å². The topological polar surface area (TPSA) is 66.6 Å². The van der Waals surface area contributed by atoms with Gasteiger partial charge in [0.05, 0.1) is 0 Å². The Kier molecular flexibility index (Phi) is 3.49. The first-order valence-electron chi connectivity index (χ1n) is 4.42. The highest BCUT2D eigenvalue weighted by Crippen LogP contribution is 2.13. The molecule has 1 fully saturated rings. The largest absolute Gasteiger partial charge is 0.480 e. The van der Waals surface area contributed by atoms with E-state index in [9.17, 15) is 4.79 Å². The maximum Gasteiger partial charge on any atom is 0.320 e. The summed E-state index contributed by atoms with van der Waals surface area (Å²) in [5.74, 6) is -0.734. The van der Waals surface area contributed by atoms with Crippen LogP contribution in [0.2, 0.25) is 0 Å². The van der Waals surface area contributed by atoms with E-state index >= 15 is 0 Å². The maximum atomic E-state index is 10.8. The molecular weight excluding hydrogens is 156 g/mol. The second-order valence-corrected chi connectivity index (χ2v) is 3.17. The van der Waals surface area contributed by atoms with Gasteiger partial charge in [0.25, 0.3) is 0 Å². The van der Waals surface area contributed by atoms with Crippen LogP contribution >= 0.6 is 0 Å². The summed E-state index contributed by atoms with van der Waals surface area (Å²) >= 11 is 0. The SMILES string of the molecule is NCCC(C(=O)O)N1CCCC1. The molecular formula is C8H16N2O2. The monoisotopic (exact) mass is 172 g/mol. The molecule has 70 valence electrons. The summed E-state index contributed by atoms with van der Waals surface area (Å²) in [6, 6.07) is -0.350. The highest BCUT2D eigenvalue weighted by molar-refractivity contribution is 5.73. The van der Waals surface area contributed by atoms with Crippen molar-refractivity contribution in [1.29, 1.82) is 0 Å². The van der Waals surface area contributed by atoms with Crippen LogP contribution in [-0.2, 0) is 4.79 Å². The molecule has 0 aliphatic carbocycles. The van der Waals surface area contributed by atoms with Crippen LogP contribution in [0.15, 0.2) is 0 Å². The van der Waals surface area contributed by atoms with E-state index in [0.29, 0.717) is 13.0 Å². The van der Waals surface area contributed by atoms with Gasteiger partial charge in [-0.1, -0.05) is 0 Å². The molecule has 1 heterocycles. The molecule has 1 atom stereocenters. The first kappa shape index (κ1) is 9.48. The van der Waals surface area contributed by atoms with Gasteiger partial charge in [-0.2, -0.15) is 0 Å². The highest BCUT2D eigenvalue weighted by atomic mass is 16.4. The van der Waals surface area contributed by atoms with E-state index in [2.05, 4.69) is 0 Å². The summed E-state index contributed by atoms with van der Waals surface area (Å²) in [5, 5.41) is 8.87. The molecule has 1 rings (SSSR count). The zero-order valence-electron chi connectivity index (χ0n) is 7.20. The Balaban J connectivity index is 2.45. The van der Waals surface area contributed by atoms with Crippen LogP contribution < -0.4 is 5.73 Å². The number of aliphatic carboxylic acids is 1. The minimum atomic E-state index is -0.734. The third kappa shape index (κ3) is 2.19. The number of carboxylic acids is 1. The first-order chi connectivity index (χ1) is 5.75. The van der Waals surface area contributed by atoms with Gasteiger partial charge in [-0.3, -0.25) is 9.69 Å². The Hall–Kier alpha value is -0.610. The molecule has 1 aliphatic rings. The van der Waals surface area contributed by atoms with E-state index in [1.807, 2.05) is 4.90 Å². The van der Waals surface area contributed by atoms with Crippen molar-refractivity contribution in [2.24, 2.45) is 5.73 Å². The Morgan fingerprint density at radius 2 is 2.08 bits per heavy atom. The summed E-state index contributed by atoms with van der Waals surface area (Å²) in [4.78, 5) is 12.8. The lowest BCUT2D eigenvalue weighted by Crippen LogP contribution is -2.40. The number of likely N-dealkylation sites (tertiary alicyclic amines) is 1. The molecule has 1 saturated heterocycles. The predicted molar refractivity (Wildman–Crippen MR) is 45.9 cm³/mol. The molecule has 0 radical (unpaired) electrons. The zero-order chi connectivity index (χ0) is 8.97. The molecule has 0 spiro atoms. The second kappa shape index (κ2) is 4.42. The Morgan fingerprint density at radius 1 is 1.50 bits per heavy atom.